The van der Waals surface area contributed by atoms with E-state index in [2.05, 4.69) is 6.58 Å². The van der Waals surface area contributed by atoms with E-state index in [1.54, 1.807) is 6.92 Å². The van der Waals surface area contributed by atoms with Gasteiger partial charge in [-0.2, -0.15) is 0 Å². The highest BCUT2D eigenvalue weighted by molar-refractivity contribution is 6.36. The van der Waals surface area contributed by atoms with Gasteiger partial charge >= 0.3 is 5.97 Å². The molecule has 0 aliphatic rings. The van der Waals surface area contributed by atoms with Crippen LogP contribution in [0.2, 0.25) is 6.04 Å². The van der Waals surface area contributed by atoms with Gasteiger partial charge in [-0.3, -0.25) is 0 Å². The maximum Gasteiger partial charge on any atom is 0.333 e. The lowest BCUT2D eigenvalue weighted by Gasteiger charge is -2.05. The van der Waals surface area contributed by atoms with Crippen LogP contribution in [0.3, 0.4) is 0 Å². The Balaban J connectivity index is 3.08. The van der Waals surface area contributed by atoms with Crippen LogP contribution in [0, 0.1) is 0 Å². The minimum atomic E-state index is -1.99. The molecule has 0 amide bonds. The van der Waals surface area contributed by atoms with Crippen LogP contribution in [0.1, 0.15) is 77.6 Å². The Hall–Kier alpha value is -0.713. The SMILES string of the molecule is C=C(C)C(=O)OCCCCCCCCCCCCC[SiH2]C(F)F. The predicted octanol–water partition coefficient (Wildman–Crippen LogP) is 5.21. The van der Waals surface area contributed by atoms with E-state index in [0.29, 0.717) is 12.2 Å². The zero-order valence-corrected chi connectivity index (χ0v) is 16.2. The smallest absolute Gasteiger partial charge is 0.333 e. The summed E-state index contributed by atoms with van der Waals surface area (Å²) in [6.45, 7) is 5.70. The van der Waals surface area contributed by atoms with Crippen molar-refractivity contribution in [3.8, 4) is 0 Å². The van der Waals surface area contributed by atoms with Crippen LogP contribution >= 0.6 is 0 Å². The van der Waals surface area contributed by atoms with Crippen LogP contribution in [0.25, 0.3) is 0 Å². The normalized spacial score (nSPS) is 11.5. The van der Waals surface area contributed by atoms with E-state index in [0.717, 1.165) is 31.7 Å². The lowest BCUT2D eigenvalue weighted by atomic mass is 10.1. The van der Waals surface area contributed by atoms with E-state index in [1.807, 2.05) is 0 Å². The van der Waals surface area contributed by atoms with Gasteiger partial charge in [0.1, 0.15) is 9.52 Å². The van der Waals surface area contributed by atoms with Gasteiger partial charge in [0.05, 0.1) is 6.61 Å². The molecule has 0 heterocycles. The van der Waals surface area contributed by atoms with Gasteiger partial charge < -0.3 is 4.74 Å². The second-order valence-electron chi connectivity index (χ2n) is 6.34. The molecule has 0 saturated heterocycles. The fourth-order valence-electron chi connectivity index (χ4n) is 2.46. The lowest BCUT2D eigenvalue weighted by molar-refractivity contribution is -0.139. The highest BCUT2D eigenvalue weighted by atomic mass is 28.2. The van der Waals surface area contributed by atoms with Crippen LogP contribution < -0.4 is 0 Å². The summed E-state index contributed by atoms with van der Waals surface area (Å²) < 4.78 is 29.0. The number of hydrogen-bond donors (Lipinski definition) is 0. The van der Waals surface area contributed by atoms with Crippen molar-refractivity contribution in [3.63, 3.8) is 0 Å². The van der Waals surface area contributed by atoms with Crippen molar-refractivity contribution < 1.29 is 18.3 Å². The van der Waals surface area contributed by atoms with E-state index in [9.17, 15) is 13.6 Å². The first kappa shape index (κ1) is 22.3. The highest BCUT2D eigenvalue weighted by Gasteiger charge is 2.02. The van der Waals surface area contributed by atoms with Gasteiger partial charge in [0.2, 0.25) is 6.05 Å². The summed E-state index contributed by atoms with van der Waals surface area (Å²) in [5, 5.41) is 0. The molecule has 0 aliphatic heterocycles. The minimum absolute atomic E-state index is 0.290. The Labute approximate surface area is 142 Å². The molecule has 0 aliphatic carbocycles. The second-order valence-corrected chi connectivity index (χ2v) is 8.24. The summed E-state index contributed by atoms with van der Waals surface area (Å²) in [6, 6.07) is -1.19. The van der Waals surface area contributed by atoms with Crippen LogP contribution in [0.15, 0.2) is 12.2 Å². The number of alkyl halides is 2. The van der Waals surface area contributed by atoms with Crippen LogP contribution in [0.4, 0.5) is 8.78 Å². The molecule has 0 aromatic carbocycles. The van der Waals surface area contributed by atoms with Gasteiger partial charge in [0.15, 0.2) is 0 Å². The Kier molecular flexibility index (Phi) is 15.7. The Bertz CT molecular complexity index is 309. The van der Waals surface area contributed by atoms with Gasteiger partial charge in [-0.05, 0) is 13.3 Å². The van der Waals surface area contributed by atoms with Gasteiger partial charge in [-0.15, -0.1) is 0 Å². The third-order valence-corrected chi connectivity index (χ3v) is 5.24. The molecule has 2 nitrogen and oxygen atoms in total. The number of unbranched alkanes of at least 4 members (excludes halogenated alkanes) is 10. The van der Waals surface area contributed by atoms with Crippen molar-refractivity contribution in [1.29, 1.82) is 0 Å². The highest BCUT2D eigenvalue weighted by Crippen LogP contribution is 2.12. The first-order valence-electron chi connectivity index (χ1n) is 9.15. The summed E-state index contributed by atoms with van der Waals surface area (Å²) in [5.74, 6) is -0.290. The molecular weight excluding hydrogens is 314 g/mol. The van der Waals surface area contributed by atoms with Crippen LogP contribution in [-0.2, 0) is 9.53 Å². The predicted molar refractivity (Wildman–Crippen MR) is 95.9 cm³/mol. The summed E-state index contributed by atoms with van der Waals surface area (Å²) in [5.41, 5.74) is 0.459. The van der Waals surface area contributed by atoms with Gasteiger partial charge in [-0.25, -0.2) is 13.6 Å². The molecule has 23 heavy (non-hydrogen) atoms. The lowest BCUT2D eigenvalue weighted by Crippen LogP contribution is -2.05. The number of hydrogen-bond acceptors (Lipinski definition) is 2. The van der Waals surface area contributed by atoms with E-state index < -0.39 is 15.6 Å². The topological polar surface area (TPSA) is 26.3 Å². The van der Waals surface area contributed by atoms with E-state index in [1.165, 1.54) is 44.9 Å². The fraction of sp³-hybridized carbons (Fsp3) is 0.833. The third kappa shape index (κ3) is 17.5. The number of esters is 1. The van der Waals surface area contributed by atoms with Gasteiger partial charge in [0, 0.05) is 5.57 Å². The van der Waals surface area contributed by atoms with Crippen molar-refractivity contribution in [1.82, 2.24) is 0 Å². The molecule has 0 bridgehead atoms. The minimum Gasteiger partial charge on any atom is -0.462 e. The first-order valence-corrected chi connectivity index (χ1v) is 11.0. The quantitative estimate of drug-likeness (QED) is 0.166. The van der Waals surface area contributed by atoms with E-state index >= 15 is 0 Å². The maximum absolute atomic E-state index is 12.0. The zero-order chi connectivity index (χ0) is 17.3. The Morgan fingerprint density at radius 2 is 1.35 bits per heavy atom. The standard InChI is InChI=1S/C18H34F2O2Si/c1-16(2)17(21)22-14-12-10-8-6-4-3-5-7-9-11-13-15-23-18(19)20/h18H,1,3-15,23H2,2H3. The number of rotatable bonds is 16. The zero-order valence-electron chi connectivity index (χ0n) is 14.8. The molecule has 0 unspecified atom stereocenters. The Morgan fingerprint density at radius 3 is 1.78 bits per heavy atom. The number of halogens is 2. The molecule has 0 saturated carbocycles. The maximum atomic E-state index is 12.0. The molecule has 136 valence electrons. The van der Waals surface area contributed by atoms with Crippen molar-refractivity contribution in [2.45, 2.75) is 89.6 Å². The third-order valence-electron chi connectivity index (χ3n) is 3.90. The average Bonchev–Trinajstić information content (AvgIpc) is 2.50. The van der Waals surface area contributed by atoms with Gasteiger partial charge in [-0.1, -0.05) is 76.8 Å². The van der Waals surface area contributed by atoms with Gasteiger partial charge in [0.25, 0.3) is 0 Å². The monoisotopic (exact) mass is 348 g/mol. The number of carbonyl (C=O) groups excluding carboxylic acids is 1. The first-order chi connectivity index (χ1) is 11.0. The summed E-state index contributed by atoms with van der Waals surface area (Å²) >= 11 is 0. The largest absolute Gasteiger partial charge is 0.462 e. The average molecular weight is 349 g/mol. The molecular formula is C18H34F2O2Si. The molecule has 0 fully saturated rings. The number of ether oxygens (including phenoxy) is 1. The molecule has 0 N–H and O–H groups in total. The van der Waals surface area contributed by atoms with E-state index in [4.69, 9.17) is 4.74 Å². The molecule has 0 rings (SSSR count). The summed E-state index contributed by atoms with van der Waals surface area (Å²) in [4.78, 5) is 11.1. The van der Waals surface area contributed by atoms with Crippen molar-refractivity contribution >= 4 is 15.5 Å². The molecule has 0 radical (unpaired) electrons. The van der Waals surface area contributed by atoms with Crippen molar-refractivity contribution in [2.24, 2.45) is 0 Å². The molecule has 0 spiro atoms. The van der Waals surface area contributed by atoms with Crippen LogP contribution in [-0.4, -0.2) is 28.1 Å². The van der Waals surface area contributed by atoms with Crippen molar-refractivity contribution in [2.75, 3.05) is 6.61 Å². The summed E-state index contributed by atoms with van der Waals surface area (Å²) in [6.07, 6.45) is 12.9. The number of carbonyl (C=O) groups is 1. The summed E-state index contributed by atoms with van der Waals surface area (Å²) in [7, 11) is -1.09. The molecule has 0 aromatic rings. The second kappa shape index (κ2) is 16.2. The van der Waals surface area contributed by atoms with E-state index in [-0.39, 0.29) is 5.97 Å². The van der Waals surface area contributed by atoms with Crippen LogP contribution in [0.5, 0.6) is 0 Å². The fourth-order valence-corrected chi connectivity index (χ4v) is 3.41. The Morgan fingerprint density at radius 1 is 0.913 bits per heavy atom. The van der Waals surface area contributed by atoms with Crippen molar-refractivity contribution in [3.05, 3.63) is 12.2 Å². The molecule has 5 heteroatoms. The molecule has 0 atom stereocenters. The molecule has 0 aromatic heterocycles.